The first kappa shape index (κ1) is 27.7. The summed E-state index contributed by atoms with van der Waals surface area (Å²) in [5.41, 5.74) is 6.52. The highest BCUT2D eigenvalue weighted by Crippen LogP contribution is 2.20. The zero-order chi connectivity index (χ0) is 26.1. The van der Waals surface area contributed by atoms with Crippen molar-refractivity contribution >= 4 is 23.2 Å². The summed E-state index contributed by atoms with van der Waals surface area (Å²) in [5.74, 6) is 6.09. The van der Waals surface area contributed by atoms with Gasteiger partial charge in [-0.3, -0.25) is 4.79 Å². The maximum Gasteiger partial charge on any atom is 0.253 e. The van der Waals surface area contributed by atoms with E-state index in [9.17, 15) is 9.90 Å². The first-order chi connectivity index (χ1) is 17.3. The summed E-state index contributed by atoms with van der Waals surface area (Å²) in [5, 5.41) is 19.1. The van der Waals surface area contributed by atoms with Crippen LogP contribution >= 0.6 is 11.6 Å². The molecule has 0 saturated carbocycles. The van der Waals surface area contributed by atoms with Crippen molar-refractivity contribution in [1.29, 1.82) is 0 Å². The third kappa shape index (κ3) is 7.31. The zero-order valence-corrected chi connectivity index (χ0v) is 22.0. The predicted molar refractivity (Wildman–Crippen MR) is 144 cm³/mol. The minimum atomic E-state index is -0.766. The summed E-state index contributed by atoms with van der Waals surface area (Å²) in [6, 6.07) is 14.5. The van der Waals surface area contributed by atoms with E-state index in [2.05, 4.69) is 34.6 Å². The number of carbonyl (C=O) groups is 1. The summed E-state index contributed by atoms with van der Waals surface area (Å²) in [6.45, 7) is 5.52. The second kappa shape index (κ2) is 13.4. The Bertz CT molecular complexity index is 1090. The van der Waals surface area contributed by atoms with E-state index in [1.807, 2.05) is 24.3 Å². The van der Waals surface area contributed by atoms with Gasteiger partial charge in [-0.05, 0) is 48.7 Å². The highest BCUT2D eigenvalue weighted by Gasteiger charge is 2.29. The van der Waals surface area contributed by atoms with Crippen LogP contribution in [0, 0.1) is 17.8 Å². The molecule has 7 nitrogen and oxygen atoms in total. The molecule has 0 aliphatic carbocycles. The Morgan fingerprint density at radius 2 is 1.94 bits per heavy atom. The normalized spacial score (nSPS) is 18.4. The molecule has 1 heterocycles. The molecule has 1 aliphatic rings. The van der Waals surface area contributed by atoms with Crippen molar-refractivity contribution in [2.45, 2.75) is 38.5 Å². The van der Waals surface area contributed by atoms with Crippen LogP contribution in [0.15, 0.2) is 53.6 Å². The van der Waals surface area contributed by atoms with Crippen LogP contribution in [0.5, 0.6) is 0 Å². The molecule has 2 unspecified atom stereocenters. The monoisotopic (exact) mass is 510 g/mol. The SMILES string of the molecule is CC#CC(NCCc1ccc(C(=O)N(C)CC2=NNC(COC)[C@H]2C)cc1)[C@H](O)c1ccc(Cl)cc1. The molecule has 0 radical (unpaired) electrons. The van der Waals surface area contributed by atoms with Crippen LogP contribution in [-0.4, -0.2) is 67.6 Å². The number of nitrogens with one attached hydrogen (secondary N) is 2. The smallest absolute Gasteiger partial charge is 0.253 e. The highest BCUT2D eigenvalue weighted by atomic mass is 35.5. The molecule has 0 spiro atoms. The third-order valence-corrected chi connectivity index (χ3v) is 6.65. The number of hydrogen-bond donors (Lipinski definition) is 3. The van der Waals surface area contributed by atoms with Crippen LogP contribution in [0.1, 0.15) is 41.4 Å². The summed E-state index contributed by atoms with van der Waals surface area (Å²) in [7, 11) is 3.46. The van der Waals surface area contributed by atoms with E-state index >= 15 is 0 Å². The molecule has 3 rings (SSSR count). The molecule has 2 aromatic rings. The van der Waals surface area contributed by atoms with Gasteiger partial charge in [-0.1, -0.05) is 48.7 Å². The number of nitrogens with zero attached hydrogens (tertiary/aromatic N) is 2. The van der Waals surface area contributed by atoms with E-state index in [0.717, 1.165) is 23.3 Å². The molecule has 0 saturated heterocycles. The topological polar surface area (TPSA) is 86.2 Å². The van der Waals surface area contributed by atoms with Crippen molar-refractivity contribution < 1.29 is 14.6 Å². The van der Waals surface area contributed by atoms with Gasteiger partial charge < -0.3 is 25.5 Å². The van der Waals surface area contributed by atoms with E-state index < -0.39 is 12.1 Å². The van der Waals surface area contributed by atoms with Crippen LogP contribution in [0.25, 0.3) is 0 Å². The predicted octanol–water partition coefficient (Wildman–Crippen LogP) is 3.28. The van der Waals surface area contributed by atoms with Gasteiger partial charge in [0, 0.05) is 37.2 Å². The van der Waals surface area contributed by atoms with Gasteiger partial charge in [0.15, 0.2) is 0 Å². The number of hydrazone groups is 1. The average Bonchev–Trinajstić information content (AvgIpc) is 3.22. The number of amides is 1. The number of methoxy groups -OCH3 is 1. The largest absolute Gasteiger partial charge is 0.386 e. The molecular formula is C28H35ClN4O3. The number of halogens is 1. The van der Waals surface area contributed by atoms with Gasteiger partial charge in [-0.2, -0.15) is 5.10 Å². The molecule has 8 heteroatoms. The van der Waals surface area contributed by atoms with Gasteiger partial charge in [-0.25, -0.2) is 0 Å². The van der Waals surface area contributed by atoms with Gasteiger partial charge in [-0.15, -0.1) is 5.92 Å². The molecule has 1 aliphatic heterocycles. The van der Waals surface area contributed by atoms with Crippen LogP contribution in [-0.2, 0) is 11.2 Å². The summed E-state index contributed by atoms with van der Waals surface area (Å²) >= 11 is 5.95. The number of aliphatic hydroxyl groups is 1. The molecule has 3 N–H and O–H groups in total. The van der Waals surface area contributed by atoms with Crippen molar-refractivity contribution in [3.63, 3.8) is 0 Å². The number of rotatable bonds is 11. The van der Waals surface area contributed by atoms with Crippen molar-refractivity contribution in [2.24, 2.45) is 11.0 Å². The molecule has 192 valence electrons. The molecule has 36 heavy (non-hydrogen) atoms. The minimum absolute atomic E-state index is 0.0471. The van der Waals surface area contributed by atoms with E-state index in [0.29, 0.717) is 30.3 Å². The second-order valence-electron chi connectivity index (χ2n) is 9.01. The first-order valence-electron chi connectivity index (χ1n) is 12.1. The maximum absolute atomic E-state index is 12.9. The second-order valence-corrected chi connectivity index (χ2v) is 9.45. The Kier molecular flexibility index (Phi) is 10.3. The third-order valence-electron chi connectivity index (χ3n) is 6.40. The number of benzene rings is 2. The molecule has 1 amide bonds. The first-order valence-corrected chi connectivity index (χ1v) is 12.5. The Morgan fingerprint density at radius 3 is 2.58 bits per heavy atom. The van der Waals surface area contributed by atoms with Crippen molar-refractivity contribution in [1.82, 2.24) is 15.6 Å². The van der Waals surface area contributed by atoms with E-state index in [-0.39, 0.29) is 17.9 Å². The number of carbonyl (C=O) groups excluding carboxylic acids is 1. The standard InChI is InChI=1S/C28H35ClN4O3/c1-5-6-24(27(34)21-11-13-23(29)14-12-21)30-16-15-20-7-9-22(10-8-20)28(35)33(3)17-25-19(2)26(18-36-4)32-31-25/h7-14,19,24,26-27,30,32,34H,15-18H2,1-4H3/t19-,24?,26?,27+/m0/s1. The van der Waals surface area contributed by atoms with Crippen LogP contribution in [0.3, 0.4) is 0 Å². The molecule has 0 fully saturated rings. The van der Waals surface area contributed by atoms with Crippen molar-refractivity contribution in [3.05, 3.63) is 70.2 Å². The molecule has 0 aromatic heterocycles. The molecule has 0 bridgehead atoms. The van der Waals surface area contributed by atoms with Gasteiger partial charge in [0.1, 0.15) is 6.10 Å². The van der Waals surface area contributed by atoms with Crippen LogP contribution in [0.2, 0.25) is 5.02 Å². The van der Waals surface area contributed by atoms with Gasteiger partial charge in [0.05, 0.1) is 30.9 Å². The molecule has 4 atom stereocenters. The Labute approximate surface area is 218 Å². The summed E-state index contributed by atoms with van der Waals surface area (Å²) < 4.78 is 5.22. The lowest BCUT2D eigenvalue weighted by Crippen LogP contribution is -2.37. The van der Waals surface area contributed by atoms with Crippen LogP contribution in [0.4, 0.5) is 0 Å². The zero-order valence-electron chi connectivity index (χ0n) is 21.3. The minimum Gasteiger partial charge on any atom is -0.386 e. The average molecular weight is 511 g/mol. The fraction of sp³-hybridized carbons (Fsp3) is 0.429. The van der Waals surface area contributed by atoms with Crippen molar-refractivity contribution in [3.8, 4) is 11.8 Å². The van der Waals surface area contributed by atoms with Gasteiger partial charge in [0.2, 0.25) is 0 Å². The lowest BCUT2D eigenvalue weighted by Gasteiger charge is -2.21. The summed E-state index contributed by atoms with van der Waals surface area (Å²) in [6.07, 6.45) is -0.0298. The van der Waals surface area contributed by atoms with Crippen molar-refractivity contribution in [2.75, 3.05) is 33.9 Å². The van der Waals surface area contributed by atoms with E-state index in [1.165, 1.54) is 0 Å². The number of hydrogen-bond acceptors (Lipinski definition) is 6. The number of ether oxygens (including phenoxy) is 1. The van der Waals surface area contributed by atoms with Crippen LogP contribution < -0.4 is 10.7 Å². The van der Waals surface area contributed by atoms with Gasteiger partial charge >= 0.3 is 0 Å². The quantitative estimate of drug-likeness (QED) is 0.404. The fourth-order valence-electron chi connectivity index (χ4n) is 4.12. The highest BCUT2D eigenvalue weighted by molar-refractivity contribution is 6.30. The lowest BCUT2D eigenvalue weighted by molar-refractivity contribution is 0.0813. The Balaban J connectivity index is 1.51. The number of aliphatic hydroxyl groups excluding tert-OH is 1. The fourth-order valence-corrected chi connectivity index (χ4v) is 4.25. The summed E-state index contributed by atoms with van der Waals surface area (Å²) in [4.78, 5) is 14.6. The molecular weight excluding hydrogens is 476 g/mol. The lowest BCUT2D eigenvalue weighted by atomic mass is 9.98. The van der Waals surface area contributed by atoms with E-state index in [1.54, 1.807) is 50.2 Å². The van der Waals surface area contributed by atoms with Gasteiger partial charge in [0.25, 0.3) is 5.91 Å². The molecule has 2 aromatic carbocycles. The maximum atomic E-state index is 12.9. The Hall–Kier alpha value is -2.89. The Morgan fingerprint density at radius 1 is 1.25 bits per heavy atom. The van der Waals surface area contributed by atoms with E-state index in [4.69, 9.17) is 16.3 Å².